The van der Waals surface area contributed by atoms with Crippen LogP contribution >= 0.6 is 11.3 Å². The van der Waals surface area contributed by atoms with Crippen LogP contribution in [-0.2, 0) is 6.54 Å². The third kappa shape index (κ3) is 3.69. The molecule has 4 heteroatoms. The first-order chi connectivity index (χ1) is 8.81. The molecular weight excluding hydrogens is 242 g/mol. The highest BCUT2D eigenvalue weighted by molar-refractivity contribution is 7.15. The molecule has 1 aliphatic heterocycles. The first kappa shape index (κ1) is 13.8. The molecule has 3 nitrogen and oxygen atoms in total. The molecule has 2 rings (SSSR count). The van der Waals surface area contributed by atoms with Crippen molar-refractivity contribution in [3.05, 3.63) is 11.1 Å². The zero-order chi connectivity index (χ0) is 12.8. The molecule has 1 aliphatic rings. The van der Waals surface area contributed by atoms with Crippen LogP contribution in [0.2, 0.25) is 0 Å². The Morgan fingerprint density at radius 1 is 1.50 bits per heavy atom. The number of hydrogen-bond donors (Lipinski definition) is 1. The van der Waals surface area contributed by atoms with Gasteiger partial charge in [-0.1, -0.05) is 13.3 Å². The predicted molar refractivity (Wildman–Crippen MR) is 79.4 cm³/mol. The number of anilines is 1. The van der Waals surface area contributed by atoms with E-state index in [0.717, 1.165) is 13.1 Å². The van der Waals surface area contributed by atoms with Crippen molar-refractivity contribution in [1.82, 2.24) is 10.3 Å². The van der Waals surface area contributed by atoms with Crippen molar-refractivity contribution in [2.45, 2.75) is 58.5 Å². The molecule has 1 atom stereocenters. The molecule has 2 heterocycles. The molecule has 0 bridgehead atoms. The number of aromatic nitrogens is 1. The van der Waals surface area contributed by atoms with Gasteiger partial charge in [0.1, 0.15) is 0 Å². The Morgan fingerprint density at radius 3 is 3.17 bits per heavy atom. The van der Waals surface area contributed by atoms with Gasteiger partial charge >= 0.3 is 0 Å². The van der Waals surface area contributed by atoms with Crippen molar-refractivity contribution in [2.24, 2.45) is 0 Å². The van der Waals surface area contributed by atoms with Gasteiger partial charge in [-0.05, 0) is 39.2 Å². The number of unbranched alkanes of at least 4 members (excludes halogenated alkanes) is 1. The molecule has 1 N–H and O–H groups in total. The van der Waals surface area contributed by atoms with Crippen LogP contribution in [0, 0.1) is 0 Å². The van der Waals surface area contributed by atoms with Crippen molar-refractivity contribution >= 4 is 16.5 Å². The quantitative estimate of drug-likeness (QED) is 0.801. The normalized spacial score (nSPS) is 20.3. The molecule has 0 saturated carbocycles. The Bertz CT molecular complexity index is 351. The van der Waals surface area contributed by atoms with Crippen molar-refractivity contribution in [3.8, 4) is 0 Å². The maximum absolute atomic E-state index is 4.59. The lowest BCUT2D eigenvalue weighted by molar-refractivity contribution is 0.484. The van der Waals surface area contributed by atoms with E-state index in [2.05, 4.69) is 29.0 Å². The smallest absolute Gasteiger partial charge is 0.185 e. The van der Waals surface area contributed by atoms with E-state index >= 15 is 0 Å². The summed E-state index contributed by atoms with van der Waals surface area (Å²) in [4.78, 5) is 8.43. The lowest BCUT2D eigenvalue weighted by Crippen LogP contribution is -2.37. The van der Waals surface area contributed by atoms with E-state index in [9.17, 15) is 0 Å². The minimum absolute atomic E-state index is 0.658. The van der Waals surface area contributed by atoms with E-state index in [1.54, 1.807) is 0 Å². The maximum atomic E-state index is 4.59. The molecule has 1 fully saturated rings. The summed E-state index contributed by atoms with van der Waals surface area (Å²) in [5.41, 5.74) is 0. The second kappa shape index (κ2) is 7.10. The fourth-order valence-electron chi connectivity index (χ4n) is 2.41. The summed E-state index contributed by atoms with van der Waals surface area (Å²) >= 11 is 1.85. The monoisotopic (exact) mass is 267 g/mol. The van der Waals surface area contributed by atoms with Crippen LogP contribution in [0.3, 0.4) is 0 Å². The predicted octanol–water partition coefficient (Wildman–Crippen LogP) is 3.41. The summed E-state index contributed by atoms with van der Waals surface area (Å²) < 4.78 is 0. The van der Waals surface area contributed by atoms with Gasteiger partial charge < -0.3 is 10.2 Å². The van der Waals surface area contributed by atoms with Gasteiger partial charge in [-0.15, -0.1) is 11.3 Å². The molecule has 18 heavy (non-hydrogen) atoms. The van der Waals surface area contributed by atoms with Gasteiger partial charge in [0, 0.05) is 30.2 Å². The number of thiazole rings is 1. The highest BCUT2D eigenvalue weighted by Crippen LogP contribution is 2.28. The highest BCUT2D eigenvalue weighted by Gasteiger charge is 2.20. The average molecular weight is 267 g/mol. The Labute approximate surface area is 115 Å². The Balaban J connectivity index is 1.85. The van der Waals surface area contributed by atoms with Gasteiger partial charge in [0.05, 0.1) is 0 Å². The van der Waals surface area contributed by atoms with Crippen LogP contribution in [0.15, 0.2) is 6.20 Å². The number of hydrogen-bond acceptors (Lipinski definition) is 4. The Hall–Kier alpha value is -0.610. The van der Waals surface area contributed by atoms with E-state index in [4.69, 9.17) is 0 Å². The average Bonchev–Trinajstić information content (AvgIpc) is 2.84. The van der Waals surface area contributed by atoms with Crippen LogP contribution in [0.1, 0.15) is 50.8 Å². The van der Waals surface area contributed by atoms with Gasteiger partial charge in [-0.25, -0.2) is 4.98 Å². The largest absolute Gasteiger partial charge is 0.345 e. The van der Waals surface area contributed by atoms with Crippen molar-refractivity contribution in [3.63, 3.8) is 0 Å². The van der Waals surface area contributed by atoms with Gasteiger partial charge in [0.2, 0.25) is 0 Å². The number of nitrogens with one attached hydrogen (secondary N) is 1. The van der Waals surface area contributed by atoms with E-state index < -0.39 is 0 Å². The summed E-state index contributed by atoms with van der Waals surface area (Å²) in [5, 5.41) is 4.70. The van der Waals surface area contributed by atoms with Gasteiger partial charge in [0.25, 0.3) is 0 Å². The minimum atomic E-state index is 0.658. The second-order valence-corrected chi connectivity index (χ2v) is 6.27. The van der Waals surface area contributed by atoms with Gasteiger partial charge in [-0.2, -0.15) is 0 Å². The van der Waals surface area contributed by atoms with Crippen molar-refractivity contribution < 1.29 is 0 Å². The second-order valence-electron chi connectivity index (χ2n) is 5.18. The first-order valence-corrected chi connectivity index (χ1v) is 8.05. The highest BCUT2D eigenvalue weighted by atomic mass is 32.1. The molecule has 0 spiro atoms. The summed E-state index contributed by atoms with van der Waals surface area (Å²) in [6, 6.07) is 0.658. The van der Waals surface area contributed by atoms with Crippen molar-refractivity contribution in [1.29, 1.82) is 0 Å². The van der Waals surface area contributed by atoms with Crippen LogP contribution in [0.5, 0.6) is 0 Å². The molecule has 0 radical (unpaired) electrons. The van der Waals surface area contributed by atoms with E-state index in [1.807, 2.05) is 17.5 Å². The zero-order valence-corrected chi connectivity index (χ0v) is 12.4. The van der Waals surface area contributed by atoms with Crippen LogP contribution < -0.4 is 10.2 Å². The third-order valence-electron chi connectivity index (χ3n) is 3.60. The van der Waals surface area contributed by atoms with Crippen LogP contribution in [0.25, 0.3) is 0 Å². The van der Waals surface area contributed by atoms with E-state index in [1.165, 1.54) is 48.7 Å². The summed E-state index contributed by atoms with van der Waals surface area (Å²) in [6.45, 7) is 7.81. The van der Waals surface area contributed by atoms with Crippen LogP contribution in [-0.4, -0.2) is 24.1 Å². The standard InChI is InChI=1S/C14H25N3S/c1-3-4-8-15-10-13-11-16-14(18-13)17-9-6-5-7-12(17)2/h11-12,15H,3-10H2,1-2H3. The Morgan fingerprint density at radius 2 is 2.39 bits per heavy atom. The number of nitrogens with zero attached hydrogens (tertiary/aromatic N) is 2. The van der Waals surface area contributed by atoms with E-state index in [0.29, 0.717) is 6.04 Å². The SMILES string of the molecule is CCCCNCc1cnc(N2CCCCC2C)s1. The summed E-state index contributed by atoms with van der Waals surface area (Å²) in [7, 11) is 0. The molecular formula is C14H25N3S. The molecule has 1 aromatic rings. The molecule has 1 saturated heterocycles. The number of piperidine rings is 1. The molecule has 102 valence electrons. The van der Waals surface area contributed by atoms with E-state index in [-0.39, 0.29) is 0 Å². The van der Waals surface area contributed by atoms with Crippen LogP contribution in [0.4, 0.5) is 5.13 Å². The molecule has 0 amide bonds. The zero-order valence-electron chi connectivity index (χ0n) is 11.6. The summed E-state index contributed by atoms with van der Waals surface area (Å²) in [6.07, 6.45) is 8.55. The lowest BCUT2D eigenvalue weighted by Gasteiger charge is -2.33. The molecule has 1 aromatic heterocycles. The summed E-state index contributed by atoms with van der Waals surface area (Å²) in [5.74, 6) is 0. The molecule has 0 aliphatic carbocycles. The van der Waals surface area contributed by atoms with Gasteiger partial charge in [-0.3, -0.25) is 0 Å². The van der Waals surface area contributed by atoms with Gasteiger partial charge in [0.15, 0.2) is 5.13 Å². The number of rotatable bonds is 6. The van der Waals surface area contributed by atoms with Crippen molar-refractivity contribution in [2.75, 3.05) is 18.0 Å². The fourth-order valence-corrected chi connectivity index (χ4v) is 3.42. The molecule has 0 aromatic carbocycles. The minimum Gasteiger partial charge on any atom is -0.345 e. The lowest BCUT2D eigenvalue weighted by atomic mass is 10.1. The first-order valence-electron chi connectivity index (χ1n) is 7.23. The Kier molecular flexibility index (Phi) is 5.45. The third-order valence-corrected chi connectivity index (χ3v) is 4.63. The fraction of sp³-hybridized carbons (Fsp3) is 0.786. The topological polar surface area (TPSA) is 28.2 Å². The maximum Gasteiger partial charge on any atom is 0.185 e. The molecule has 1 unspecified atom stereocenters.